The predicted octanol–water partition coefficient (Wildman–Crippen LogP) is 4.66. The van der Waals surface area contributed by atoms with Crippen LogP contribution in [0.1, 0.15) is 27.6 Å². The van der Waals surface area contributed by atoms with Crippen LogP contribution in [-0.2, 0) is 0 Å². The number of hydrogen-bond donors (Lipinski definition) is 0. The van der Waals surface area contributed by atoms with Gasteiger partial charge in [0.25, 0.3) is 5.91 Å². The number of nitrogens with zero attached hydrogens (tertiary/aromatic N) is 1. The third kappa shape index (κ3) is 3.65. The molecule has 114 valence electrons. The van der Waals surface area contributed by atoms with Crippen LogP contribution in [0.25, 0.3) is 0 Å². The van der Waals surface area contributed by atoms with E-state index in [0.29, 0.717) is 15.8 Å². The molecule has 1 aliphatic rings. The molecular weight excluding hydrogens is 314 g/mol. The van der Waals surface area contributed by atoms with Crippen LogP contribution >= 0.6 is 23.4 Å². The highest BCUT2D eigenvalue weighted by molar-refractivity contribution is 7.99. The summed E-state index contributed by atoms with van der Waals surface area (Å²) in [4.78, 5) is 14.6. The van der Waals surface area contributed by atoms with E-state index in [0.717, 1.165) is 25.3 Å². The highest BCUT2D eigenvalue weighted by Crippen LogP contribution is 2.34. The molecule has 1 amide bonds. The molecule has 2 aromatic rings. The molecule has 1 aliphatic heterocycles. The van der Waals surface area contributed by atoms with Gasteiger partial charge in [-0.05, 0) is 30.2 Å². The van der Waals surface area contributed by atoms with Crippen molar-refractivity contribution in [2.45, 2.75) is 11.7 Å². The van der Waals surface area contributed by atoms with E-state index in [-0.39, 0.29) is 5.91 Å². The van der Waals surface area contributed by atoms with E-state index in [4.69, 9.17) is 11.6 Å². The monoisotopic (exact) mass is 331 g/mol. The first-order valence-electron chi connectivity index (χ1n) is 7.45. The van der Waals surface area contributed by atoms with E-state index in [1.54, 1.807) is 12.1 Å². The van der Waals surface area contributed by atoms with Gasteiger partial charge in [0.2, 0.25) is 0 Å². The van der Waals surface area contributed by atoms with Gasteiger partial charge in [-0.3, -0.25) is 4.79 Å². The van der Waals surface area contributed by atoms with Crippen LogP contribution in [0.2, 0.25) is 5.02 Å². The molecule has 4 heteroatoms. The molecule has 0 bridgehead atoms. The molecule has 0 radical (unpaired) electrons. The van der Waals surface area contributed by atoms with Crippen LogP contribution in [0.3, 0.4) is 0 Å². The Labute approximate surface area is 140 Å². The quantitative estimate of drug-likeness (QED) is 0.797. The molecule has 0 saturated carbocycles. The van der Waals surface area contributed by atoms with Crippen molar-refractivity contribution in [1.29, 1.82) is 0 Å². The number of rotatable bonds is 2. The Morgan fingerprint density at radius 3 is 2.68 bits per heavy atom. The number of halogens is 1. The Kier molecular flexibility index (Phi) is 5.06. The average Bonchev–Trinajstić information content (AvgIpc) is 2.81. The fourth-order valence-electron chi connectivity index (χ4n) is 2.71. The standard InChI is InChI=1S/C18H18ClNOS/c19-16-8-4-7-15(13-16)18(21)20-10-9-17(22-12-11-20)14-5-2-1-3-6-14/h1-8,13,17H,9-12H2. The Balaban J connectivity index is 1.69. The summed E-state index contributed by atoms with van der Waals surface area (Å²) in [5, 5.41) is 1.08. The number of carbonyl (C=O) groups excluding carboxylic acids is 1. The minimum Gasteiger partial charge on any atom is -0.338 e. The van der Waals surface area contributed by atoms with Crippen molar-refractivity contribution in [3.8, 4) is 0 Å². The third-order valence-corrected chi connectivity index (χ3v) is 5.44. The second-order valence-electron chi connectivity index (χ2n) is 5.36. The van der Waals surface area contributed by atoms with Crippen LogP contribution in [0.4, 0.5) is 0 Å². The molecule has 0 aliphatic carbocycles. The topological polar surface area (TPSA) is 20.3 Å². The lowest BCUT2D eigenvalue weighted by Crippen LogP contribution is -2.32. The lowest BCUT2D eigenvalue weighted by Gasteiger charge is -2.20. The lowest BCUT2D eigenvalue weighted by molar-refractivity contribution is 0.0766. The lowest BCUT2D eigenvalue weighted by atomic mass is 10.1. The van der Waals surface area contributed by atoms with Gasteiger partial charge in [0.15, 0.2) is 0 Å². The van der Waals surface area contributed by atoms with Crippen molar-refractivity contribution in [2.24, 2.45) is 0 Å². The SMILES string of the molecule is O=C(c1cccc(Cl)c1)N1CCSC(c2ccccc2)CC1. The van der Waals surface area contributed by atoms with Gasteiger partial charge in [0.05, 0.1) is 0 Å². The van der Waals surface area contributed by atoms with Crippen molar-refractivity contribution in [1.82, 2.24) is 4.90 Å². The third-order valence-electron chi connectivity index (χ3n) is 3.87. The Morgan fingerprint density at radius 1 is 1.09 bits per heavy atom. The van der Waals surface area contributed by atoms with Crippen LogP contribution in [0.15, 0.2) is 54.6 Å². The molecule has 1 fully saturated rings. The van der Waals surface area contributed by atoms with E-state index >= 15 is 0 Å². The minimum atomic E-state index is 0.0804. The summed E-state index contributed by atoms with van der Waals surface area (Å²) in [6.07, 6.45) is 0.987. The summed E-state index contributed by atoms with van der Waals surface area (Å²) in [6, 6.07) is 17.7. The van der Waals surface area contributed by atoms with Gasteiger partial charge in [-0.25, -0.2) is 0 Å². The van der Waals surface area contributed by atoms with E-state index in [1.807, 2.05) is 34.9 Å². The highest BCUT2D eigenvalue weighted by Gasteiger charge is 2.22. The normalized spacial score (nSPS) is 18.8. The number of hydrogen-bond acceptors (Lipinski definition) is 2. The van der Waals surface area contributed by atoms with Crippen molar-refractivity contribution >= 4 is 29.3 Å². The molecule has 0 N–H and O–H groups in total. The molecule has 1 heterocycles. The number of carbonyl (C=O) groups is 1. The molecular formula is C18H18ClNOS. The van der Waals surface area contributed by atoms with Crippen molar-refractivity contribution in [3.63, 3.8) is 0 Å². The second-order valence-corrected chi connectivity index (χ2v) is 7.11. The molecule has 22 heavy (non-hydrogen) atoms. The number of benzene rings is 2. The zero-order valence-corrected chi connectivity index (χ0v) is 13.8. The summed E-state index contributed by atoms with van der Waals surface area (Å²) in [7, 11) is 0. The molecule has 2 nitrogen and oxygen atoms in total. The Hall–Kier alpha value is -1.45. The fraction of sp³-hybridized carbons (Fsp3) is 0.278. The smallest absolute Gasteiger partial charge is 0.253 e. The zero-order valence-electron chi connectivity index (χ0n) is 12.2. The average molecular weight is 332 g/mol. The number of thioether (sulfide) groups is 1. The van der Waals surface area contributed by atoms with Crippen LogP contribution in [-0.4, -0.2) is 29.6 Å². The fourth-order valence-corrected chi connectivity index (χ4v) is 4.13. The summed E-state index contributed by atoms with van der Waals surface area (Å²) >= 11 is 7.93. The van der Waals surface area contributed by atoms with Gasteiger partial charge in [0.1, 0.15) is 0 Å². The van der Waals surface area contributed by atoms with Crippen LogP contribution in [0.5, 0.6) is 0 Å². The minimum absolute atomic E-state index is 0.0804. The maximum Gasteiger partial charge on any atom is 0.253 e. The maximum absolute atomic E-state index is 12.6. The molecule has 1 atom stereocenters. The molecule has 1 saturated heterocycles. The summed E-state index contributed by atoms with van der Waals surface area (Å²) in [5.74, 6) is 1.04. The van der Waals surface area contributed by atoms with E-state index in [1.165, 1.54) is 5.56 Å². The summed E-state index contributed by atoms with van der Waals surface area (Å²) in [5.41, 5.74) is 2.03. The first-order valence-corrected chi connectivity index (χ1v) is 8.88. The van der Waals surface area contributed by atoms with Crippen LogP contribution in [0, 0.1) is 0 Å². The first kappa shape index (κ1) is 15.4. The second kappa shape index (κ2) is 7.21. The highest BCUT2D eigenvalue weighted by atomic mass is 35.5. The molecule has 1 unspecified atom stereocenters. The van der Waals surface area contributed by atoms with Gasteiger partial charge < -0.3 is 4.90 Å². The Bertz CT molecular complexity index is 647. The molecule has 2 aromatic carbocycles. The molecule has 3 rings (SSSR count). The van der Waals surface area contributed by atoms with Gasteiger partial charge in [0, 0.05) is 34.7 Å². The van der Waals surface area contributed by atoms with Crippen molar-refractivity contribution in [3.05, 3.63) is 70.7 Å². The predicted molar refractivity (Wildman–Crippen MR) is 93.6 cm³/mol. The first-order chi connectivity index (χ1) is 10.7. The van der Waals surface area contributed by atoms with Gasteiger partial charge >= 0.3 is 0 Å². The largest absolute Gasteiger partial charge is 0.338 e. The van der Waals surface area contributed by atoms with Crippen LogP contribution < -0.4 is 0 Å². The maximum atomic E-state index is 12.6. The number of amides is 1. The van der Waals surface area contributed by atoms with Gasteiger partial charge in [-0.2, -0.15) is 11.8 Å². The van der Waals surface area contributed by atoms with Gasteiger partial charge in [-0.1, -0.05) is 48.0 Å². The van der Waals surface area contributed by atoms with E-state index < -0.39 is 0 Å². The van der Waals surface area contributed by atoms with Crippen molar-refractivity contribution < 1.29 is 4.79 Å². The zero-order chi connectivity index (χ0) is 15.4. The molecule has 0 aromatic heterocycles. The molecule has 0 spiro atoms. The van der Waals surface area contributed by atoms with E-state index in [2.05, 4.69) is 24.3 Å². The summed E-state index contributed by atoms with van der Waals surface area (Å²) < 4.78 is 0. The summed E-state index contributed by atoms with van der Waals surface area (Å²) in [6.45, 7) is 1.58. The Morgan fingerprint density at radius 2 is 1.91 bits per heavy atom. The van der Waals surface area contributed by atoms with Crippen molar-refractivity contribution in [2.75, 3.05) is 18.8 Å². The van der Waals surface area contributed by atoms with E-state index in [9.17, 15) is 4.79 Å². The van der Waals surface area contributed by atoms with Gasteiger partial charge in [-0.15, -0.1) is 0 Å².